The van der Waals surface area contributed by atoms with Crippen LogP contribution >= 0.6 is 0 Å². The zero-order valence-corrected chi connectivity index (χ0v) is 13.6. The van der Waals surface area contributed by atoms with Crippen molar-refractivity contribution in [1.82, 2.24) is 15.2 Å². The molecule has 128 valence electrons. The highest BCUT2D eigenvalue weighted by molar-refractivity contribution is 5.76. The standard InChI is InChI=1S/C17H19F2N3O2/c1-10-8-20-15(23)6-7-22(10)9-14-11(2)24-17(21-14)12-4-3-5-13(18)16(12)19/h3-5,10H,6-9H2,1-2H3,(H,20,23)/t10-/m1/s1. The Morgan fingerprint density at radius 2 is 2.21 bits per heavy atom. The Morgan fingerprint density at radius 1 is 1.42 bits per heavy atom. The second kappa shape index (κ2) is 6.68. The van der Waals surface area contributed by atoms with Crippen molar-refractivity contribution < 1.29 is 18.0 Å². The third kappa shape index (κ3) is 3.31. The maximum atomic E-state index is 13.9. The number of hydrogen-bond donors (Lipinski definition) is 1. The average molecular weight is 335 g/mol. The van der Waals surface area contributed by atoms with Crippen LogP contribution in [0.5, 0.6) is 0 Å². The Morgan fingerprint density at radius 3 is 3.00 bits per heavy atom. The summed E-state index contributed by atoms with van der Waals surface area (Å²) in [5.74, 6) is -1.25. The van der Waals surface area contributed by atoms with E-state index in [9.17, 15) is 13.6 Å². The molecule has 2 aromatic rings. The van der Waals surface area contributed by atoms with E-state index in [0.717, 1.165) is 6.07 Å². The van der Waals surface area contributed by atoms with E-state index in [-0.39, 0.29) is 23.4 Å². The molecule has 3 rings (SSSR count). The number of nitrogens with zero attached hydrogens (tertiary/aromatic N) is 2. The minimum absolute atomic E-state index is 0.00473. The lowest BCUT2D eigenvalue weighted by Crippen LogP contribution is -2.37. The minimum Gasteiger partial charge on any atom is -0.441 e. The summed E-state index contributed by atoms with van der Waals surface area (Å²) in [6, 6.07) is 4.06. The normalized spacial score (nSPS) is 19.2. The molecule has 1 fully saturated rings. The van der Waals surface area contributed by atoms with Crippen LogP contribution in [0, 0.1) is 18.6 Å². The molecule has 0 spiro atoms. The Bertz CT molecular complexity index is 760. The third-order valence-corrected chi connectivity index (χ3v) is 4.27. The van der Waals surface area contributed by atoms with Crippen LogP contribution in [0.1, 0.15) is 24.8 Å². The second-order valence-electron chi connectivity index (χ2n) is 6.00. The number of amides is 1. The molecule has 1 aliphatic heterocycles. The van der Waals surface area contributed by atoms with Crippen molar-refractivity contribution in [2.24, 2.45) is 0 Å². The first-order chi connectivity index (χ1) is 11.5. The predicted octanol–water partition coefficient (Wildman–Crippen LogP) is 2.64. The number of oxazole rings is 1. The van der Waals surface area contributed by atoms with E-state index in [4.69, 9.17) is 4.42 Å². The molecule has 1 atom stereocenters. The summed E-state index contributed by atoms with van der Waals surface area (Å²) in [4.78, 5) is 18.0. The number of aromatic nitrogens is 1. The van der Waals surface area contributed by atoms with Crippen LogP contribution in [-0.2, 0) is 11.3 Å². The van der Waals surface area contributed by atoms with Crippen LogP contribution in [0.2, 0.25) is 0 Å². The Balaban J connectivity index is 1.84. The van der Waals surface area contributed by atoms with E-state index in [1.165, 1.54) is 12.1 Å². The molecule has 7 heteroatoms. The van der Waals surface area contributed by atoms with Crippen LogP contribution < -0.4 is 5.32 Å². The number of nitrogens with one attached hydrogen (secondary N) is 1. The molecule has 1 aromatic carbocycles. The molecule has 0 aliphatic carbocycles. The lowest BCUT2D eigenvalue weighted by atomic mass is 10.2. The van der Waals surface area contributed by atoms with Crippen molar-refractivity contribution in [1.29, 1.82) is 0 Å². The van der Waals surface area contributed by atoms with Gasteiger partial charge in [-0.3, -0.25) is 9.69 Å². The monoisotopic (exact) mass is 335 g/mol. The van der Waals surface area contributed by atoms with Gasteiger partial charge in [0.1, 0.15) is 5.76 Å². The highest BCUT2D eigenvalue weighted by Gasteiger charge is 2.23. The van der Waals surface area contributed by atoms with Gasteiger partial charge in [-0.1, -0.05) is 6.07 Å². The predicted molar refractivity (Wildman–Crippen MR) is 84.1 cm³/mol. The molecule has 1 saturated heterocycles. The zero-order valence-electron chi connectivity index (χ0n) is 13.6. The molecule has 1 amide bonds. The van der Waals surface area contributed by atoms with Gasteiger partial charge in [-0.25, -0.2) is 13.8 Å². The number of rotatable bonds is 3. The van der Waals surface area contributed by atoms with Crippen LogP contribution in [0.4, 0.5) is 8.78 Å². The van der Waals surface area contributed by atoms with Gasteiger partial charge in [0.2, 0.25) is 11.8 Å². The quantitative estimate of drug-likeness (QED) is 0.937. The molecule has 5 nitrogen and oxygen atoms in total. The molecule has 1 N–H and O–H groups in total. The van der Waals surface area contributed by atoms with Crippen molar-refractivity contribution in [3.05, 3.63) is 41.3 Å². The molecule has 2 heterocycles. The van der Waals surface area contributed by atoms with Gasteiger partial charge >= 0.3 is 0 Å². The van der Waals surface area contributed by atoms with Gasteiger partial charge in [0, 0.05) is 32.1 Å². The number of aryl methyl sites for hydroxylation is 1. The first kappa shape index (κ1) is 16.6. The van der Waals surface area contributed by atoms with Crippen molar-refractivity contribution in [3.63, 3.8) is 0 Å². The maximum absolute atomic E-state index is 13.9. The second-order valence-corrected chi connectivity index (χ2v) is 6.00. The first-order valence-electron chi connectivity index (χ1n) is 7.87. The lowest BCUT2D eigenvalue weighted by molar-refractivity contribution is -0.120. The number of carbonyl (C=O) groups excluding carboxylic acids is 1. The van der Waals surface area contributed by atoms with Crippen LogP contribution in [0.15, 0.2) is 22.6 Å². The fourth-order valence-electron chi connectivity index (χ4n) is 2.73. The van der Waals surface area contributed by atoms with Crippen LogP contribution in [0.25, 0.3) is 11.5 Å². The fraction of sp³-hybridized carbons (Fsp3) is 0.412. The molecule has 1 aromatic heterocycles. The number of hydrogen-bond acceptors (Lipinski definition) is 4. The molecular formula is C17H19F2N3O2. The Hall–Kier alpha value is -2.28. The third-order valence-electron chi connectivity index (χ3n) is 4.27. The SMILES string of the molecule is Cc1oc(-c2cccc(F)c2F)nc1CN1CCC(=O)NC[C@H]1C. The van der Waals surface area contributed by atoms with Gasteiger partial charge in [-0.2, -0.15) is 0 Å². The average Bonchev–Trinajstić information content (AvgIpc) is 2.83. The van der Waals surface area contributed by atoms with E-state index in [0.29, 0.717) is 37.5 Å². The topological polar surface area (TPSA) is 58.4 Å². The Labute approximate surface area is 138 Å². The highest BCUT2D eigenvalue weighted by atomic mass is 19.2. The van der Waals surface area contributed by atoms with Crippen molar-refractivity contribution in [3.8, 4) is 11.5 Å². The van der Waals surface area contributed by atoms with Crippen LogP contribution in [0.3, 0.4) is 0 Å². The van der Waals surface area contributed by atoms with E-state index >= 15 is 0 Å². The van der Waals surface area contributed by atoms with Gasteiger partial charge in [0.15, 0.2) is 11.6 Å². The number of carbonyl (C=O) groups is 1. The summed E-state index contributed by atoms with van der Waals surface area (Å²) < 4.78 is 32.8. The number of halogens is 2. The van der Waals surface area contributed by atoms with Crippen LogP contribution in [-0.4, -0.2) is 34.9 Å². The largest absolute Gasteiger partial charge is 0.441 e. The van der Waals surface area contributed by atoms with Gasteiger partial charge in [0.25, 0.3) is 0 Å². The summed E-state index contributed by atoms with van der Waals surface area (Å²) >= 11 is 0. The maximum Gasteiger partial charge on any atom is 0.229 e. The summed E-state index contributed by atoms with van der Waals surface area (Å²) in [7, 11) is 0. The van der Waals surface area contributed by atoms with Gasteiger partial charge in [0.05, 0.1) is 11.3 Å². The van der Waals surface area contributed by atoms with Gasteiger partial charge in [-0.15, -0.1) is 0 Å². The molecular weight excluding hydrogens is 316 g/mol. The zero-order chi connectivity index (χ0) is 17.3. The smallest absolute Gasteiger partial charge is 0.229 e. The molecule has 0 bridgehead atoms. The van der Waals surface area contributed by atoms with Gasteiger partial charge < -0.3 is 9.73 Å². The van der Waals surface area contributed by atoms with E-state index in [1.54, 1.807) is 6.92 Å². The first-order valence-corrected chi connectivity index (χ1v) is 7.87. The molecule has 0 radical (unpaired) electrons. The van der Waals surface area contributed by atoms with Crippen molar-refractivity contribution in [2.75, 3.05) is 13.1 Å². The fourth-order valence-corrected chi connectivity index (χ4v) is 2.73. The summed E-state index contributed by atoms with van der Waals surface area (Å²) in [5.41, 5.74) is 0.667. The molecule has 0 saturated carbocycles. The minimum atomic E-state index is -0.969. The molecule has 24 heavy (non-hydrogen) atoms. The van der Waals surface area contributed by atoms with Crippen molar-refractivity contribution >= 4 is 5.91 Å². The summed E-state index contributed by atoms with van der Waals surface area (Å²) in [6.45, 7) is 5.44. The molecule has 1 aliphatic rings. The van der Waals surface area contributed by atoms with E-state index in [1.807, 2.05) is 6.92 Å². The molecule has 0 unspecified atom stereocenters. The van der Waals surface area contributed by atoms with Crippen molar-refractivity contribution in [2.45, 2.75) is 32.9 Å². The Kier molecular flexibility index (Phi) is 4.62. The number of benzene rings is 1. The van der Waals surface area contributed by atoms with E-state index in [2.05, 4.69) is 15.2 Å². The van der Waals surface area contributed by atoms with E-state index < -0.39 is 11.6 Å². The summed E-state index contributed by atoms with van der Waals surface area (Å²) in [5, 5.41) is 2.85. The highest BCUT2D eigenvalue weighted by Crippen LogP contribution is 2.26. The van der Waals surface area contributed by atoms with Gasteiger partial charge in [-0.05, 0) is 26.0 Å². The lowest BCUT2D eigenvalue weighted by Gasteiger charge is -2.25. The summed E-state index contributed by atoms with van der Waals surface area (Å²) in [6.07, 6.45) is 0.423.